The van der Waals surface area contributed by atoms with Gasteiger partial charge in [0, 0.05) is 40.1 Å². The molecule has 0 unspecified atom stereocenters. The molecule has 1 fully saturated rings. The Kier molecular flexibility index (Phi) is 5.78. The molecular formula is C27H25F3N4O2. The maximum Gasteiger partial charge on any atom is 0.306 e. The summed E-state index contributed by atoms with van der Waals surface area (Å²) in [6, 6.07) is 7.51. The van der Waals surface area contributed by atoms with Crippen LogP contribution in [0.4, 0.5) is 13.2 Å². The second-order valence-electron chi connectivity index (χ2n) is 10.2. The van der Waals surface area contributed by atoms with Crippen LogP contribution in [0.3, 0.4) is 0 Å². The van der Waals surface area contributed by atoms with Crippen LogP contribution in [0.25, 0.3) is 27.5 Å². The minimum atomic E-state index is -1.04. The van der Waals surface area contributed by atoms with E-state index in [0.717, 1.165) is 12.1 Å². The van der Waals surface area contributed by atoms with E-state index in [1.54, 1.807) is 10.6 Å². The van der Waals surface area contributed by atoms with Crippen molar-refractivity contribution in [2.45, 2.75) is 57.3 Å². The lowest BCUT2D eigenvalue weighted by Crippen LogP contribution is -2.26. The minimum absolute atomic E-state index is 0.103. The molecule has 2 aromatic carbocycles. The van der Waals surface area contributed by atoms with E-state index >= 15 is 4.39 Å². The third kappa shape index (κ3) is 3.72. The van der Waals surface area contributed by atoms with Crippen molar-refractivity contribution >= 4 is 27.8 Å². The molecule has 1 saturated carbocycles. The van der Waals surface area contributed by atoms with Gasteiger partial charge in [0.1, 0.15) is 5.52 Å². The van der Waals surface area contributed by atoms with Crippen molar-refractivity contribution in [3.8, 4) is 11.8 Å². The van der Waals surface area contributed by atoms with Gasteiger partial charge in [-0.05, 0) is 55.4 Å². The topological polar surface area (TPSA) is 94.7 Å². The van der Waals surface area contributed by atoms with Crippen molar-refractivity contribution in [1.82, 2.24) is 14.8 Å². The highest BCUT2D eigenvalue weighted by Gasteiger charge is 2.38. The summed E-state index contributed by atoms with van der Waals surface area (Å²) in [5.74, 6) is -4.01. The molecule has 0 bridgehead atoms. The second-order valence-corrected chi connectivity index (χ2v) is 10.2. The van der Waals surface area contributed by atoms with Gasteiger partial charge in [0.2, 0.25) is 0 Å². The first-order chi connectivity index (χ1) is 17.1. The number of hydrogen-bond acceptors (Lipinski definition) is 3. The number of nitrogens with one attached hydrogen (secondary N) is 1. The fourth-order valence-electron chi connectivity index (χ4n) is 5.70. The summed E-state index contributed by atoms with van der Waals surface area (Å²) in [6.07, 6.45) is 3.56. The molecule has 0 radical (unpaired) electrons. The number of H-pyrrole nitrogens is 1. The van der Waals surface area contributed by atoms with E-state index in [0.29, 0.717) is 58.9 Å². The lowest BCUT2D eigenvalue weighted by Gasteiger charge is -2.32. The monoisotopic (exact) mass is 494 g/mol. The van der Waals surface area contributed by atoms with Crippen LogP contribution in [0.2, 0.25) is 0 Å². The summed E-state index contributed by atoms with van der Waals surface area (Å²) in [4.78, 5) is 11.6. The van der Waals surface area contributed by atoms with E-state index in [1.165, 1.54) is 12.3 Å². The van der Waals surface area contributed by atoms with Crippen LogP contribution in [-0.2, 0) is 10.2 Å². The summed E-state index contributed by atoms with van der Waals surface area (Å²) >= 11 is 0. The Labute approximate surface area is 205 Å². The molecule has 6 nitrogen and oxygen atoms in total. The predicted octanol–water partition coefficient (Wildman–Crippen LogP) is 6.47. The fourth-order valence-corrected chi connectivity index (χ4v) is 5.70. The van der Waals surface area contributed by atoms with Crippen molar-refractivity contribution in [3.63, 3.8) is 0 Å². The number of fused-ring (bicyclic) bond motifs is 2. The third-order valence-electron chi connectivity index (χ3n) is 7.45. The maximum atomic E-state index is 16.2. The Balaban J connectivity index is 1.88. The van der Waals surface area contributed by atoms with Crippen LogP contribution >= 0.6 is 0 Å². The van der Waals surface area contributed by atoms with E-state index in [1.807, 2.05) is 13.8 Å². The molecular weight excluding hydrogens is 469 g/mol. The van der Waals surface area contributed by atoms with Crippen molar-refractivity contribution in [1.29, 1.82) is 5.26 Å². The molecule has 186 valence electrons. The molecule has 0 aliphatic heterocycles. The molecule has 0 spiro atoms. The normalized spacial score (nSPS) is 18.6. The molecule has 2 heterocycles. The molecule has 1 aliphatic carbocycles. The van der Waals surface area contributed by atoms with Gasteiger partial charge in [0.05, 0.1) is 23.7 Å². The molecule has 4 aromatic rings. The molecule has 2 N–H and O–H groups in total. The smallest absolute Gasteiger partial charge is 0.306 e. The lowest BCUT2D eigenvalue weighted by molar-refractivity contribution is -0.142. The number of benzene rings is 2. The molecule has 2 aromatic heterocycles. The van der Waals surface area contributed by atoms with Crippen LogP contribution in [0, 0.1) is 34.7 Å². The largest absolute Gasteiger partial charge is 0.481 e. The number of aromatic nitrogens is 3. The summed E-state index contributed by atoms with van der Waals surface area (Å²) in [6.45, 7) is 3.75. The van der Waals surface area contributed by atoms with Crippen molar-refractivity contribution < 1.29 is 23.1 Å². The van der Waals surface area contributed by atoms with E-state index in [2.05, 4.69) is 16.3 Å². The van der Waals surface area contributed by atoms with Gasteiger partial charge >= 0.3 is 5.97 Å². The van der Waals surface area contributed by atoms with Crippen LogP contribution in [-0.4, -0.2) is 25.8 Å². The van der Waals surface area contributed by atoms with Gasteiger partial charge < -0.3 is 9.67 Å². The Hall–Kier alpha value is -3.80. The molecule has 0 saturated heterocycles. The van der Waals surface area contributed by atoms with E-state index in [9.17, 15) is 23.9 Å². The van der Waals surface area contributed by atoms with Gasteiger partial charge in [-0.15, -0.1) is 0 Å². The first-order valence-corrected chi connectivity index (χ1v) is 11.9. The summed E-state index contributed by atoms with van der Waals surface area (Å²) in [7, 11) is 0. The zero-order valence-electron chi connectivity index (χ0n) is 19.9. The number of carboxylic acids is 1. The van der Waals surface area contributed by atoms with Gasteiger partial charge in [-0.25, -0.2) is 13.2 Å². The fraction of sp³-hybridized carbons (Fsp3) is 0.370. The Morgan fingerprint density at radius 3 is 2.56 bits per heavy atom. The minimum Gasteiger partial charge on any atom is -0.481 e. The van der Waals surface area contributed by atoms with E-state index in [-0.39, 0.29) is 17.9 Å². The number of aliphatic carboxylic acids is 1. The highest BCUT2D eigenvalue weighted by atomic mass is 19.2. The maximum absolute atomic E-state index is 16.2. The first kappa shape index (κ1) is 23.9. The van der Waals surface area contributed by atoms with Crippen LogP contribution in [0.5, 0.6) is 0 Å². The SMILES string of the molecule is CC(C)(CC#N)c1c(C2CCC(C(=O)O)CC2)c2c(F)c3[nH]ncc3cc2n1-c1ccc(F)c(F)c1. The van der Waals surface area contributed by atoms with Crippen LogP contribution in [0.1, 0.15) is 63.1 Å². The molecule has 1 aliphatic rings. The van der Waals surface area contributed by atoms with Gasteiger partial charge in [-0.3, -0.25) is 9.89 Å². The molecule has 9 heteroatoms. The highest BCUT2D eigenvalue weighted by molar-refractivity contribution is 6.00. The zero-order valence-corrected chi connectivity index (χ0v) is 19.9. The van der Waals surface area contributed by atoms with Crippen molar-refractivity contribution in [3.05, 3.63) is 59.2 Å². The first-order valence-electron chi connectivity index (χ1n) is 11.9. The van der Waals surface area contributed by atoms with Gasteiger partial charge in [-0.2, -0.15) is 10.4 Å². The Morgan fingerprint density at radius 2 is 1.92 bits per heavy atom. The summed E-state index contributed by atoms with van der Waals surface area (Å²) < 4.78 is 46.2. The summed E-state index contributed by atoms with van der Waals surface area (Å²) in [5.41, 5.74) is 1.55. The van der Waals surface area contributed by atoms with E-state index < -0.39 is 34.8 Å². The number of hydrogen-bond donors (Lipinski definition) is 2. The lowest BCUT2D eigenvalue weighted by atomic mass is 9.74. The van der Waals surface area contributed by atoms with Gasteiger partial charge in [0.25, 0.3) is 0 Å². The number of carbonyl (C=O) groups is 1. The predicted molar refractivity (Wildman–Crippen MR) is 128 cm³/mol. The molecule has 0 amide bonds. The third-order valence-corrected chi connectivity index (χ3v) is 7.45. The molecule has 36 heavy (non-hydrogen) atoms. The van der Waals surface area contributed by atoms with Gasteiger partial charge in [-0.1, -0.05) is 13.8 Å². The quantitative estimate of drug-likeness (QED) is 0.332. The number of nitriles is 1. The van der Waals surface area contributed by atoms with Crippen molar-refractivity contribution in [2.24, 2.45) is 5.92 Å². The number of carboxylic acid groups (broad SMARTS) is 1. The van der Waals surface area contributed by atoms with Crippen LogP contribution < -0.4 is 0 Å². The second kappa shape index (κ2) is 8.70. The standard InChI is InChI=1S/C27H25F3N4O2/c1-27(2,9-10-31)25-21(14-3-5-15(6-4-14)26(35)36)22-20(11-16-13-32-33-24(16)23(22)30)34(25)17-7-8-18(28)19(29)12-17/h7-8,11-15H,3-6,9H2,1-2H3,(H,32,33)(H,35,36). The molecule has 0 atom stereocenters. The van der Waals surface area contributed by atoms with Crippen LogP contribution in [0.15, 0.2) is 30.5 Å². The number of aromatic amines is 1. The molecule has 5 rings (SSSR count). The average molecular weight is 495 g/mol. The number of halogens is 3. The summed E-state index contributed by atoms with van der Waals surface area (Å²) in [5, 5.41) is 26.6. The average Bonchev–Trinajstić information content (AvgIpc) is 3.45. The zero-order chi connectivity index (χ0) is 25.8. The van der Waals surface area contributed by atoms with E-state index in [4.69, 9.17) is 0 Å². The highest BCUT2D eigenvalue weighted by Crippen LogP contribution is 2.48. The van der Waals surface area contributed by atoms with Gasteiger partial charge in [0.15, 0.2) is 17.5 Å². The Bertz CT molecular complexity index is 1540. The number of nitrogens with zero attached hydrogens (tertiary/aromatic N) is 3. The number of rotatable bonds is 5. The Morgan fingerprint density at radius 1 is 1.19 bits per heavy atom. The van der Waals surface area contributed by atoms with Crippen molar-refractivity contribution in [2.75, 3.05) is 0 Å².